The number of aromatic nitrogens is 3. The molecule has 0 aliphatic carbocycles. The molecule has 0 fully saturated rings. The van der Waals surface area contributed by atoms with Crippen LogP contribution in [0.5, 0.6) is 0 Å². The Bertz CT molecular complexity index is 923. The van der Waals surface area contributed by atoms with Gasteiger partial charge in [0.2, 0.25) is 0 Å². The molecule has 26 heavy (non-hydrogen) atoms. The molecule has 2 N–H and O–H groups in total. The van der Waals surface area contributed by atoms with Crippen LogP contribution < -0.4 is 5.32 Å². The maximum absolute atomic E-state index is 12.7. The molecule has 134 valence electrons. The molecule has 0 aliphatic rings. The number of pyridine rings is 1. The Labute approximate surface area is 150 Å². The largest absolute Gasteiger partial charge is 0.465 e. The van der Waals surface area contributed by atoms with Crippen LogP contribution in [0.3, 0.4) is 0 Å². The highest BCUT2D eigenvalue weighted by Gasteiger charge is 2.37. The number of rotatable bonds is 6. The Balaban J connectivity index is 1.85. The van der Waals surface area contributed by atoms with Crippen molar-refractivity contribution in [1.82, 2.24) is 20.3 Å². The minimum absolute atomic E-state index is 0.104. The zero-order chi connectivity index (χ0) is 18.6. The number of hydrogen-bond acceptors (Lipinski definition) is 5. The van der Waals surface area contributed by atoms with E-state index in [2.05, 4.69) is 20.3 Å². The summed E-state index contributed by atoms with van der Waals surface area (Å²) in [5.74, 6) is -0.693. The number of carbonyl (C=O) groups is 2. The number of benzene rings is 1. The minimum Gasteiger partial charge on any atom is -0.465 e. The van der Waals surface area contributed by atoms with Crippen LogP contribution in [0.2, 0.25) is 0 Å². The molecule has 1 unspecified atom stereocenters. The number of esters is 1. The Morgan fingerprint density at radius 1 is 1.19 bits per heavy atom. The van der Waals surface area contributed by atoms with Crippen molar-refractivity contribution in [2.45, 2.75) is 19.3 Å². The van der Waals surface area contributed by atoms with E-state index in [1.54, 1.807) is 19.9 Å². The predicted octanol–water partition coefficient (Wildman–Crippen LogP) is 2.21. The molecule has 0 spiro atoms. The fourth-order valence-corrected chi connectivity index (χ4v) is 2.78. The molecule has 7 heteroatoms. The van der Waals surface area contributed by atoms with Crippen LogP contribution in [0.1, 0.15) is 29.8 Å². The van der Waals surface area contributed by atoms with Gasteiger partial charge in [-0.05, 0) is 25.5 Å². The number of aromatic amines is 1. The summed E-state index contributed by atoms with van der Waals surface area (Å²) in [5.41, 5.74) is 1.23. The van der Waals surface area contributed by atoms with E-state index in [1.165, 1.54) is 12.5 Å². The number of nitrogens with zero attached hydrogens (tertiary/aromatic N) is 2. The summed E-state index contributed by atoms with van der Waals surface area (Å²) in [4.78, 5) is 36.3. The number of imidazole rings is 1. The van der Waals surface area contributed by atoms with Crippen LogP contribution in [-0.2, 0) is 14.9 Å². The molecule has 0 bridgehead atoms. The zero-order valence-electron chi connectivity index (χ0n) is 14.7. The molecule has 3 rings (SSSR count). The Morgan fingerprint density at radius 3 is 2.69 bits per heavy atom. The quantitative estimate of drug-likeness (QED) is 0.663. The third-order valence-electron chi connectivity index (χ3n) is 4.31. The molecule has 7 nitrogen and oxygen atoms in total. The van der Waals surface area contributed by atoms with Gasteiger partial charge in [0.1, 0.15) is 5.41 Å². The van der Waals surface area contributed by atoms with Crippen molar-refractivity contribution in [1.29, 1.82) is 0 Å². The lowest BCUT2D eigenvalue weighted by atomic mass is 9.82. The lowest BCUT2D eigenvalue weighted by Crippen LogP contribution is -2.45. The fraction of sp³-hybridized carbons (Fsp3) is 0.263. The highest BCUT2D eigenvalue weighted by molar-refractivity contribution is 6.04. The average molecular weight is 352 g/mol. The van der Waals surface area contributed by atoms with Crippen molar-refractivity contribution < 1.29 is 14.3 Å². The number of H-pyrrole nitrogens is 1. The summed E-state index contributed by atoms with van der Waals surface area (Å²) < 4.78 is 5.24. The van der Waals surface area contributed by atoms with Crippen LogP contribution in [0, 0.1) is 0 Å². The second-order valence-electron chi connectivity index (χ2n) is 6.06. The van der Waals surface area contributed by atoms with Gasteiger partial charge < -0.3 is 15.0 Å². The molecule has 0 saturated heterocycles. The van der Waals surface area contributed by atoms with E-state index in [-0.39, 0.29) is 25.0 Å². The van der Waals surface area contributed by atoms with Crippen molar-refractivity contribution >= 4 is 23.0 Å². The first-order valence-electron chi connectivity index (χ1n) is 8.35. The van der Waals surface area contributed by atoms with Gasteiger partial charge in [0.25, 0.3) is 5.91 Å². The van der Waals surface area contributed by atoms with E-state index < -0.39 is 5.41 Å². The number of hydrogen-bond donors (Lipinski definition) is 2. The topological polar surface area (TPSA) is 97.0 Å². The monoisotopic (exact) mass is 352 g/mol. The van der Waals surface area contributed by atoms with E-state index in [9.17, 15) is 9.59 Å². The third-order valence-corrected chi connectivity index (χ3v) is 4.31. The number of ether oxygens (including phenoxy) is 1. The molecule has 2 aromatic heterocycles. The molecule has 0 radical (unpaired) electrons. The highest BCUT2D eigenvalue weighted by atomic mass is 16.5. The van der Waals surface area contributed by atoms with Crippen LogP contribution in [0.4, 0.5) is 0 Å². The van der Waals surface area contributed by atoms with Gasteiger partial charge in [-0.2, -0.15) is 0 Å². The Hall–Kier alpha value is -3.22. The van der Waals surface area contributed by atoms with Gasteiger partial charge in [-0.3, -0.25) is 9.59 Å². The minimum atomic E-state index is -0.993. The van der Waals surface area contributed by atoms with E-state index in [0.717, 1.165) is 5.56 Å². The van der Waals surface area contributed by atoms with Gasteiger partial charge in [-0.1, -0.05) is 30.3 Å². The van der Waals surface area contributed by atoms with E-state index in [4.69, 9.17) is 4.74 Å². The van der Waals surface area contributed by atoms with Crippen molar-refractivity contribution in [2.24, 2.45) is 0 Å². The standard InChI is InChI=1S/C19H20N4O3/c1-3-26-18(25)19(2,13-7-5-4-6-8-13)11-21-17(24)14-9-10-20-16-15(14)22-12-23-16/h4-10,12H,3,11H2,1-2H3,(H,21,24)(H,20,22,23). The van der Waals surface area contributed by atoms with Crippen LogP contribution >= 0.6 is 0 Å². The van der Waals surface area contributed by atoms with Crippen molar-refractivity contribution in [3.63, 3.8) is 0 Å². The highest BCUT2D eigenvalue weighted by Crippen LogP contribution is 2.25. The molecule has 0 aliphatic heterocycles. The smallest absolute Gasteiger partial charge is 0.318 e. The summed E-state index contributed by atoms with van der Waals surface area (Å²) in [6.07, 6.45) is 3.01. The second kappa shape index (κ2) is 7.35. The lowest BCUT2D eigenvalue weighted by molar-refractivity contribution is -0.149. The average Bonchev–Trinajstić information content (AvgIpc) is 3.15. The first-order valence-corrected chi connectivity index (χ1v) is 8.35. The molecule has 3 aromatic rings. The maximum atomic E-state index is 12.7. The number of carbonyl (C=O) groups excluding carboxylic acids is 2. The van der Waals surface area contributed by atoms with Crippen molar-refractivity contribution in [3.05, 3.63) is 60.0 Å². The first-order chi connectivity index (χ1) is 12.6. The zero-order valence-corrected chi connectivity index (χ0v) is 14.7. The molecule has 1 aromatic carbocycles. The van der Waals surface area contributed by atoms with Crippen LogP contribution in [-0.4, -0.2) is 40.0 Å². The third kappa shape index (κ3) is 3.28. The normalized spacial score (nSPS) is 13.2. The summed E-state index contributed by atoms with van der Waals surface area (Å²) in [6, 6.07) is 10.9. The molecular weight excluding hydrogens is 332 g/mol. The lowest BCUT2D eigenvalue weighted by Gasteiger charge is -2.28. The van der Waals surface area contributed by atoms with Gasteiger partial charge in [0.05, 0.1) is 24.0 Å². The molecule has 1 amide bonds. The number of fused-ring (bicyclic) bond motifs is 1. The fourth-order valence-electron chi connectivity index (χ4n) is 2.78. The second-order valence-corrected chi connectivity index (χ2v) is 6.06. The van der Waals surface area contributed by atoms with Gasteiger partial charge >= 0.3 is 5.97 Å². The molecular formula is C19H20N4O3. The first kappa shape index (κ1) is 17.6. The molecule has 2 heterocycles. The van der Waals surface area contributed by atoms with Gasteiger partial charge in [-0.15, -0.1) is 0 Å². The summed E-state index contributed by atoms with van der Waals surface area (Å²) in [5, 5.41) is 2.84. The Kier molecular flexibility index (Phi) is 4.97. The molecule has 1 atom stereocenters. The number of amides is 1. The summed E-state index contributed by atoms with van der Waals surface area (Å²) in [7, 11) is 0. The van der Waals surface area contributed by atoms with Crippen LogP contribution in [0.15, 0.2) is 48.9 Å². The van der Waals surface area contributed by atoms with E-state index >= 15 is 0 Å². The van der Waals surface area contributed by atoms with Crippen LogP contribution in [0.25, 0.3) is 11.2 Å². The predicted molar refractivity (Wildman–Crippen MR) is 96.6 cm³/mol. The van der Waals surface area contributed by atoms with E-state index in [1.807, 2.05) is 30.3 Å². The van der Waals surface area contributed by atoms with Crippen molar-refractivity contribution in [2.75, 3.05) is 13.2 Å². The van der Waals surface area contributed by atoms with Gasteiger partial charge in [-0.25, -0.2) is 9.97 Å². The van der Waals surface area contributed by atoms with E-state index in [0.29, 0.717) is 16.7 Å². The summed E-state index contributed by atoms with van der Waals surface area (Å²) in [6.45, 7) is 3.90. The van der Waals surface area contributed by atoms with Crippen molar-refractivity contribution in [3.8, 4) is 0 Å². The summed E-state index contributed by atoms with van der Waals surface area (Å²) >= 11 is 0. The SMILES string of the molecule is CCOC(=O)C(C)(CNC(=O)c1ccnc2nc[nH]c12)c1ccccc1. The maximum Gasteiger partial charge on any atom is 0.318 e. The number of nitrogens with one attached hydrogen (secondary N) is 2. The van der Waals surface area contributed by atoms with Gasteiger partial charge in [0.15, 0.2) is 5.65 Å². The molecule has 0 saturated carbocycles. The Morgan fingerprint density at radius 2 is 1.96 bits per heavy atom. The van der Waals surface area contributed by atoms with Gasteiger partial charge in [0, 0.05) is 12.7 Å².